The number of anilines is 1. The van der Waals surface area contributed by atoms with Crippen LogP contribution in [0.1, 0.15) is 31.8 Å². The van der Waals surface area contributed by atoms with E-state index in [1.165, 1.54) is 47.6 Å². The van der Waals surface area contributed by atoms with Gasteiger partial charge in [0.15, 0.2) is 23.0 Å². The van der Waals surface area contributed by atoms with E-state index in [0.29, 0.717) is 45.7 Å². The second-order valence-corrected chi connectivity index (χ2v) is 10.9. The van der Waals surface area contributed by atoms with Crippen molar-refractivity contribution in [1.29, 1.82) is 0 Å². The molecule has 3 aromatic rings. The van der Waals surface area contributed by atoms with Crippen molar-refractivity contribution in [3.63, 3.8) is 0 Å². The lowest BCUT2D eigenvalue weighted by atomic mass is 10.0. The fraction of sp³-hybridized carbons (Fsp3) is 0.382. The molecular formula is C34H42N4O9. The van der Waals surface area contributed by atoms with Crippen LogP contribution in [0.15, 0.2) is 42.5 Å². The van der Waals surface area contributed by atoms with Crippen molar-refractivity contribution in [1.82, 2.24) is 9.80 Å². The fourth-order valence-electron chi connectivity index (χ4n) is 5.95. The van der Waals surface area contributed by atoms with Gasteiger partial charge in [-0.25, -0.2) is 4.79 Å². The van der Waals surface area contributed by atoms with E-state index < -0.39 is 12.1 Å². The Morgan fingerprint density at radius 2 is 1.17 bits per heavy atom. The molecule has 252 valence electrons. The van der Waals surface area contributed by atoms with E-state index >= 15 is 0 Å². The predicted octanol–water partition coefficient (Wildman–Crippen LogP) is 3.91. The van der Waals surface area contributed by atoms with Gasteiger partial charge < -0.3 is 44.0 Å². The highest BCUT2D eigenvalue weighted by Gasteiger charge is 2.37. The van der Waals surface area contributed by atoms with Crippen molar-refractivity contribution in [2.24, 2.45) is 5.73 Å². The summed E-state index contributed by atoms with van der Waals surface area (Å²) >= 11 is 0. The Bertz CT molecular complexity index is 1570. The maximum Gasteiger partial charge on any atom is 0.319 e. The van der Waals surface area contributed by atoms with E-state index in [-0.39, 0.29) is 43.6 Å². The van der Waals surface area contributed by atoms with Crippen LogP contribution >= 0.6 is 0 Å². The predicted molar refractivity (Wildman–Crippen MR) is 176 cm³/mol. The number of amides is 4. The molecule has 47 heavy (non-hydrogen) atoms. The van der Waals surface area contributed by atoms with Gasteiger partial charge in [-0.2, -0.15) is 0 Å². The topological polar surface area (TPSA) is 142 Å². The second kappa shape index (κ2) is 14.8. The van der Waals surface area contributed by atoms with Crippen LogP contribution in [0.4, 0.5) is 10.5 Å². The molecule has 0 aliphatic carbocycles. The third kappa shape index (κ3) is 6.93. The van der Waals surface area contributed by atoms with Crippen LogP contribution in [0.25, 0.3) is 0 Å². The molecule has 0 radical (unpaired) electrons. The molecule has 1 aliphatic heterocycles. The number of rotatable bonds is 11. The monoisotopic (exact) mass is 650 g/mol. The van der Waals surface area contributed by atoms with Crippen LogP contribution in [0.5, 0.6) is 34.5 Å². The third-order valence-corrected chi connectivity index (χ3v) is 8.22. The van der Waals surface area contributed by atoms with E-state index in [1.807, 2.05) is 32.0 Å². The van der Waals surface area contributed by atoms with E-state index in [9.17, 15) is 14.4 Å². The Labute approximate surface area is 274 Å². The number of methoxy groups -OCH3 is 6. The molecule has 1 fully saturated rings. The molecule has 1 aliphatic rings. The van der Waals surface area contributed by atoms with E-state index in [2.05, 4.69) is 0 Å². The van der Waals surface area contributed by atoms with Gasteiger partial charge in [-0.3, -0.25) is 14.5 Å². The number of benzene rings is 3. The summed E-state index contributed by atoms with van der Waals surface area (Å²) in [7, 11) is 8.85. The van der Waals surface area contributed by atoms with Gasteiger partial charge >= 0.3 is 6.03 Å². The number of nitrogens with two attached hydrogens (primary N) is 1. The molecule has 0 bridgehead atoms. The first kappa shape index (κ1) is 34.5. The second-order valence-electron chi connectivity index (χ2n) is 10.9. The molecule has 0 spiro atoms. The van der Waals surface area contributed by atoms with Crippen LogP contribution in [-0.4, -0.2) is 103 Å². The molecule has 4 amide bonds. The smallest absolute Gasteiger partial charge is 0.319 e. The first-order chi connectivity index (χ1) is 22.5. The molecular weight excluding hydrogens is 608 g/mol. The number of hydrogen-bond acceptors (Lipinski definition) is 9. The lowest BCUT2D eigenvalue weighted by Crippen LogP contribution is -2.60. The number of urea groups is 1. The SMILES string of the molecule is COc1cc(C(=O)N2CCN(C(=O)c3cc(OC)c(OC)c(OC)c3)C(CN(C(N)=O)c3c(C)cccc3C)C2)cc(OC)c1OC. The molecule has 13 heteroatoms. The van der Waals surface area contributed by atoms with E-state index in [4.69, 9.17) is 34.2 Å². The fourth-order valence-corrected chi connectivity index (χ4v) is 5.95. The minimum Gasteiger partial charge on any atom is -0.493 e. The summed E-state index contributed by atoms with van der Waals surface area (Å²) in [6, 6.07) is 10.6. The van der Waals surface area contributed by atoms with Crippen molar-refractivity contribution in [2.45, 2.75) is 19.9 Å². The molecule has 0 aromatic heterocycles. The molecule has 4 rings (SSSR count). The summed E-state index contributed by atoms with van der Waals surface area (Å²) in [6.07, 6.45) is 0. The number of nitrogens with zero attached hydrogens (tertiary/aromatic N) is 3. The van der Waals surface area contributed by atoms with E-state index in [0.717, 1.165) is 11.1 Å². The molecule has 1 atom stereocenters. The van der Waals surface area contributed by atoms with Crippen molar-refractivity contribution >= 4 is 23.5 Å². The summed E-state index contributed by atoms with van der Waals surface area (Å²) in [4.78, 5) is 45.9. The van der Waals surface area contributed by atoms with Crippen LogP contribution in [-0.2, 0) is 0 Å². The van der Waals surface area contributed by atoms with Gasteiger partial charge in [-0.15, -0.1) is 0 Å². The van der Waals surface area contributed by atoms with Gasteiger partial charge in [0.05, 0.1) is 54.4 Å². The summed E-state index contributed by atoms with van der Waals surface area (Å²) < 4.78 is 32.8. The van der Waals surface area contributed by atoms with Gasteiger partial charge in [-0.05, 0) is 49.2 Å². The lowest BCUT2D eigenvalue weighted by Gasteiger charge is -2.43. The molecule has 3 aromatic carbocycles. The number of carbonyl (C=O) groups is 3. The average Bonchev–Trinajstić information content (AvgIpc) is 3.08. The van der Waals surface area contributed by atoms with Crippen LogP contribution in [0.2, 0.25) is 0 Å². The van der Waals surface area contributed by atoms with Crippen molar-refractivity contribution < 1.29 is 42.8 Å². The zero-order chi connectivity index (χ0) is 34.4. The van der Waals surface area contributed by atoms with Crippen molar-refractivity contribution in [3.8, 4) is 34.5 Å². The summed E-state index contributed by atoms with van der Waals surface area (Å²) in [5.41, 5.74) is 8.88. The van der Waals surface area contributed by atoms with Gasteiger partial charge in [0, 0.05) is 37.3 Å². The van der Waals surface area contributed by atoms with Crippen molar-refractivity contribution in [2.75, 3.05) is 73.7 Å². The lowest BCUT2D eigenvalue weighted by molar-refractivity contribution is 0.0398. The van der Waals surface area contributed by atoms with Gasteiger partial charge in [-0.1, -0.05) is 18.2 Å². The quantitative estimate of drug-likeness (QED) is 0.327. The minimum absolute atomic E-state index is 0.0240. The Kier molecular flexibility index (Phi) is 10.9. The molecule has 1 heterocycles. The number of aryl methyl sites for hydroxylation is 2. The van der Waals surface area contributed by atoms with Gasteiger partial charge in [0.2, 0.25) is 11.5 Å². The molecule has 13 nitrogen and oxygen atoms in total. The first-order valence-electron chi connectivity index (χ1n) is 14.9. The number of hydrogen-bond donors (Lipinski definition) is 1. The Morgan fingerprint density at radius 3 is 1.57 bits per heavy atom. The molecule has 1 saturated heterocycles. The van der Waals surface area contributed by atoms with Crippen molar-refractivity contribution in [3.05, 3.63) is 64.7 Å². The standard InChI is InChI=1S/C34H42N4O9/c1-20-10-9-11-21(2)29(20)38(34(35)41)19-24-18-36(32(39)22-14-25(42-3)30(46-7)26(15-22)43-4)12-13-37(24)33(40)23-16-27(44-5)31(47-8)28(17-23)45-6/h9-11,14-17,24H,12-13,18-19H2,1-8H3,(H2,35,41). The third-order valence-electron chi connectivity index (χ3n) is 8.22. The summed E-state index contributed by atoms with van der Waals surface area (Å²) in [6.45, 7) is 4.27. The van der Waals surface area contributed by atoms with E-state index in [1.54, 1.807) is 34.1 Å². The number of ether oxygens (including phenoxy) is 6. The zero-order valence-corrected chi connectivity index (χ0v) is 28.0. The van der Waals surface area contributed by atoms with Crippen LogP contribution < -0.4 is 39.1 Å². The Hall–Kier alpha value is -5.33. The summed E-state index contributed by atoms with van der Waals surface area (Å²) in [5, 5.41) is 0. The number of primary amides is 1. The normalized spacial score (nSPS) is 14.3. The van der Waals surface area contributed by atoms with Crippen LogP contribution in [0, 0.1) is 13.8 Å². The van der Waals surface area contributed by atoms with Gasteiger partial charge in [0.25, 0.3) is 11.8 Å². The molecule has 1 unspecified atom stereocenters. The first-order valence-corrected chi connectivity index (χ1v) is 14.9. The Morgan fingerprint density at radius 1 is 0.723 bits per heavy atom. The molecule has 0 saturated carbocycles. The average molecular weight is 651 g/mol. The largest absolute Gasteiger partial charge is 0.493 e. The number of piperazine rings is 1. The maximum atomic E-state index is 14.2. The highest BCUT2D eigenvalue weighted by Crippen LogP contribution is 2.40. The highest BCUT2D eigenvalue weighted by molar-refractivity contribution is 5.98. The van der Waals surface area contributed by atoms with Gasteiger partial charge in [0.1, 0.15) is 0 Å². The highest BCUT2D eigenvalue weighted by atomic mass is 16.5. The molecule has 2 N–H and O–H groups in total. The zero-order valence-electron chi connectivity index (χ0n) is 28.0. The maximum absolute atomic E-state index is 14.2. The Balaban J connectivity index is 1.77. The number of para-hydroxylation sites is 1. The number of carbonyl (C=O) groups excluding carboxylic acids is 3. The van der Waals surface area contributed by atoms with Crippen LogP contribution in [0.3, 0.4) is 0 Å². The summed E-state index contributed by atoms with van der Waals surface area (Å²) in [5.74, 6) is 1.34. The minimum atomic E-state index is -0.685.